The van der Waals surface area contributed by atoms with Crippen LogP contribution < -0.4 is 10.6 Å². The second-order valence-corrected chi connectivity index (χ2v) is 13.0. The van der Waals surface area contributed by atoms with E-state index in [0.29, 0.717) is 16.5 Å². The molecule has 3 N–H and O–H groups in total. The molecule has 1 fully saturated rings. The van der Waals surface area contributed by atoms with Gasteiger partial charge in [-0.15, -0.1) is 34.7 Å². The molecular weight excluding hydrogens is 670 g/mol. The lowest BCUT2D eigenvalue weighted by atomic mass is 9.77. The Labute approximate surface area is 290 Å². The zero-order valence-electron chi connectivity index (χ0n) is 25.4. The van der Waals surface area contributed by atoms with Gasteiger partial charge in [-0.3, -0.25) is 14.5 Å². The monoisotopic (exact) mass is 699 g/mol. The molecule has 1 aromatic heterocycles. The highest BCUT2D eigenvalue weighted by Crippen LogP contribution is 2.42. The van der Waals surface area contributed by atoms with E-state index in [4.69, 9.17) is 21.4 Å². The fourth-order valence-electron chi connectivity index (χ4n) is 5.74. The molecular formula is C35H30ClN5O5S2. The van der Waals surface area contributed by atoms with Crippen molar-refractivity contribution in [2.24, 2.45) is 5.16 Å². The molecule has 4 aromatic rings. The molecule has 2 aliphatic heterocycles. The number of halogens is 1. The summed E-state index contributed by atoms with van der Waals surface area (Å²) in [4.78, 5) is 50.1. The predicted molar refractivity (Wildman–Crippen MR) is 188 cm³/mol. The number of alkyl halides is 1. The molecule has 1 unspecified atom stereocenters. The molecule has 1 saturated heterocycles. The summed E-state index contributed by atoms with van der Waals surface area (Å²) in [5.74, 6) is -2.18. The van der Waals surface area contributed by atoms with Gasteiger partial charge in [0.25, 0.3) is 11.8 Å². The number of benzene rings is 3. The van der Waals surface area contributed by atoms with Gasteiger partial charge in [-0.05, 0) is 22.3 Å². The van der Waals surface area contributed by atoms with Crippen LogP contribution >= 0.6 is 34.7 Å². The van der Waals surface area contributed by atoms with Crippen molar-refractivity contribution in [1.82, 2.24) is 15.2 Å². The topological polar surface area (TPSA) is 133 Å². The summed E-state index contributed by atoms with van der Waals surface area (Å²) in [5, 5.41) is 21.8. The summed E-state index contributed by atoms with van der Waals surface area (Å²) in [6.45, 7) is 3.67. The molecule has 0 bridgehead atoms. The van der Waals surface area contributed by atoms with Crippen LogP contribution in [0.1, 0.15) is 22.4 Å². The third-order valence-electron chi connectivity index (χ3n) is 7.92. The van der Waals surface area contributed by atoms with E-state index >= 15 is 0 Å². The van der Waals surface area contributed by atoms with Crippen molar-refractivity contribution in [3.63, 3.8) is 0 Å². The van der Waals surface area contributed by atoms with E-state index in [2.05, 4.69) is 22.4 Å². The van der Waals surface area contributed by atoms with Gasteiger partial charge >= 0.3 is 5.97 Å². The largest absolute Gasteiger partial charge is 0.477 e. The first kappa shape index (κ1) is 33.0. The van der Waals surface area contributed by atoms with Crippen LogP contribution in [0.15, 0.2) is 125 Å². The zero-order chi connectivity index (χ0) is 33.7. The van der Waals surface area contributed by atoms with Crippen molar-refractivity contribution in [2.45, 2.75) is 17.0 Å². The van der Waals surface area contributed by atoms with Gasteiger partial charge in [0.2, 0.25) is 0 Å². The molecule has 0 saturated carbocycles. The summed E-state index contributed by atoms with van der Waals surface area (Å²) >= 11 is 8.57. The third kappa shape index (κ3) is 6.21. The number of carboxylic acids is 1. The molecule has 2 amide bonds. The summed E-state index contributed by atoms with van der Waals surface area (Å²) < 4.78 is 0. The van der Waals surface area contributed by atoms with Gasteiger partial charge < -0.3 is 20.6 Å². The van der Waals surface area contributed by atoms with E-state index in [9.17, 15) is 19.5 Å². The van der Waals surface area contributed by atoms with Gasteiger partial charge in [0.05, 0.1) is 0 Å². The number of hydrogen-bond acceptors (Lipinski definition) is 9. The van der Waals surface area contributed by atoms with E-state index in [0.717, 1.165) is 16.7 Å². The molecule has 2 aliphatic rings. The Bertz CT molecular complexity index is 1790. The average molecular weight is 700 g/mol. The number of nitrogens with zero attached hydrogens (tertiary/aromatic N) is 3. The summed E-state index contributed by atoms with van der Waals surface area (Å²) in [6, 6.07) is 29.1. The van der Waals surface area contributed by atoms with Crippen molar-refractivity contribution in [1.29, 1.82) is 0 Å². The number of hydrogen-bond donors (Lipinski definition) is 3. The Morgan fingerprint density at radius 1 is 1.04 bits per heavy atom. The second kappa shape index (κ2) is 14.5. The van der Waals surface area contributed by atoms with E-state index in [1.54, 1.807) is 5.38 Å². The molecule has 0 aliphatic carbocycles. The Morgan fingerprint density at radius 2 is 1.62 bits per heavy atom. The van der Waals surface area contributed by atoms with Gasteiger partial charge in [-0.25, -0.2) is 9.78 Å². The van der Waals surface area contributed by atoms with Crippen LogP contribution in [-0.2, 0) is 24.8 Å². The van der Waals surface area contributed by atoms with Gasteiger partial charge in [0.15, 0.2) is 10.8 Å². The number of oxime groups is 1. The van der Waals surface area contributed by atoms with E-state index in [1.165, 1.54) is 34.1 Å². The molecule has 2 atom stereocenters. The average Bonchev–Trinajstić information content (AvgIpc) is 3.59. The number of nitrogens with one attached hydrogen (secondary N) is 2. The van der Waals surface area contributed by atoms with E-state index in [-0.39, 0.29) is 29.6 Å². The number of carboxylic acid groups (broad SMARTS) is 1. The third-order valence-corrected chi connectivity index (χ3v) is 10.3. The smallest absolute Gasteiger partial charge is 0.352 e. The van der Waals surface area contributed by atoms with Crippen LogP contribution in [0.2, 0.25) is 0 Å². The number of thiazole rings is 1. The quantitative estimate of drug-likeness (QED) is 0.0320. The van der Waals surface area contributed by atoms with Gasteiger partial charge in [-0.2, -0.15) is 0 Å². The predicted octanol–water partition coefficient (Wildman–Crippen LogP) is 5.43. The number of aliphatic carboxylic acids is 1. The van der Waals surface area contributed by atoms with Gasteiger partial charge in [-0.1, -0.05) is 109 Å². The van der Waals surface area contributed by atoms with Crippen LogP contribution in [0.25, 0.3) is 0 Å². The highest BCUT2D eigenvalue weighted by Gasteiger charge is 2.54. The molecule has 10 nitrogen and oxygen atoms in total. The maximum absolute atomic E-state index is 13.7. The standard InChI is InChI=1S/C35H30ClN5O5S2/c1-2-18-46-40-27(30(42)38-28-31(43)41-29(33(44)45)22(19-36)20-47-32(28)41)26-21-48-34(37-26)39-35(23-12-6-3-7-13-23,24-14-8-4-9-15-24)25-16-10-5-11-17-25/h2-17,21,28,32H,1,18-20H2,(H,37,39)(H,38,42)(H,44,45)/b40-27-/t28?,32-/m0/s1. The SMILES string of the molecule is C=CCO/N=C(\C(=O)NC1C(=O)N2C(C(=O)O)=C(CCl)CS[C@@H]12)c1csc(NC(c2ccccc2)(c2ccccc2)c2ccccc2)n1. The fraction of sp³-hybridized carbons (Fsp3) is 0.171. The van der Waals surface area contributed by atoms with Crippen LogP contribution in [0.3, 0.4) is 0 Å². The van der Waals surface area contributed by atoms with Crippen LogP contribution in [0.4, 0.5) is 5.13 Å². The Hall–Kier alpha value is -4.91. The Kier molecular flexibility index (Phi) is 9.95. The number of β-lactam (4-membered cyclic amide) rings is 1. The fourth-order valence-corrected chi connectivity index (χ4v) is 8.17. The first-order valence-corrected chi connectivity index (χ1v) is 17.3. The lowest BCUT2D eigenvalue weighted by molar-refractivity contribution is -0.150. The number of thioether (sulfide) groups is 1. The molecule has 48 heavy (non-hydrogen) atoms. The first-order valence-electron chi connectivity index (χ1n) is 14.9. The summed E-state index contributed by atoms with van der Waals surface area (Å²) in [5.41, 5.74) is 2.47. The van der Waals surface area contributed by atoms with Crippen molar-refractivity contribution in [3.05, 3.63) is 143 Å². The molecule has 0 spiro atoms. The number of carbonyl (C=O) groups excluding carboxylic acids is 2. The van der Waals surface area contributed by atoms with E-state index < -0.39 is 34.7 Å². The molecule has 0 radical (unpaired) electrons. The lowest BCUT2D eigenvalue weighted by Crippen LogP contribution is -2.71. The normalized spacial score (nSPS) is 17.6. The van der Waals surface area contributed by atoms with Crippen molar-refractivity contribution in [2.75, 3.05) is 23.6 Å². The first-order chi connectivity index (χ1) is 23.4. The molecule has 6 rings (SSSR count). The number of fused-ring (bicyclic) bond motifs is 1. The number of aromatic nitrogens is 1. The number of amides is 2. The molecule has 3 aromatic carbocycles. The van der Waals surface area contributed by atoms with Crippen molar-refractivity contribution >= 4 is 63.3 Å². The number of anilines is 1. The van der Waals surface area contributed by atoms with Crippen molar-refractivity contribution < 1.29 is 24.3 Å². The van der Waals surface area contributed by atoms with Crippen molar-refractivity contribution in [3.8, 4) is 0 Å². The minimum absolute atomic E-state index is 0.0140. The highest BCUT2D eigenvalue weighted by molar-refractivity contribution is 8.00. The Balaban J connectivity index is 1.32. The summed E-state index contributed by atoms with van der Waals surface area (Å²) in [7, 11) is 0. The molecule has 3 heterocycles. The zero-order valence-corrected chi connectivity index (χ0v) is 27.8. The van der Waals surface area contributed by atoms with E-state index in [1.807, 2.05) is 91.0 Å². The van der Waals surface area contributed by atoms with Crippen LogP contribution in [0.5, 0.6) is 0 Å². The molecule has 244 valence electrons. The minimum Gasteiger partial charge on any atom is -0.477 e. The minimum atomic E-state index is -1.24. The maximum atomic E-state index is 13.7. The van der Waals surface area contributed by atoms with Gasteiger partial charge in [0.1, 0.15) is 35.0 Å². The highest BCUT2D eigenvalue weighted by atomic mass is 35.5. The van der Waals surface area contributed by atoms with Crippen LogP contribution in [-0.4, -0.2) is 68.1 Å². The number of rotatable bonds is 13. The maximum Gasteiger partial charge on any atom is 0.352 e. The number of carbonyl (C=O) groups is 3. The van der Waals surface area contributed by atoms with Gasteiger partial charge in [0, 0.05) is 17.0 Å². The second-order valence-electron chi connectivity index (χ2n) is 10.8. The Morgan fingerprint density at radius 3 is 2.15 bits per heavy atom. The van der Waals surface area contributed by atoms with Crippen LogP contribution in [0, 0.1) is 0 Å². The lowest BCUT2D eigenvalue weighted by Gasteiger charge is -2.49. The summed E-state index contributed by atoms with van der Waals surface area (Å²) in [6.07, 6.45) is 1.49. The molecule has 13 heteroatoms.